The van der Waals surface area contributed by atoms with Gasteiger partial charge in [-0.3, -0.25) is 0 Å². The topological polar surface area (TPSA) is 21.3 Å². The van der Waals surface area contributed by atoms with Crippen molar-refractivity contribution in [3.05, 3.63) is 29.3 Å². The Hall–Kier alpha value is -0.730. The summed E-state index contributed by atoms with van der Waals surface area (Å²) in [5, 5.41) is 4.38. The van der Waals surface area contributed by atoms with Crippen molar-refractivity contribution in [2.45, 2.75) is 57.9 Å². The molecule has 0 aromatic heterocycles. The van der Waals surface area contributed by atoms with E-state index in [2.05, 4.69) is 12.2 Å². The Morgan fingerprint density at radius 2 is 2.10 bits per heavy atom. The fourth-order valence-electron chi connectivity index (χ4n) is 3.14. The average Bonchev–Trinajstić information content (AvgIpc) is 2.51. The zero-order valence-corrected chi connectivity index (χ0v) is 13.9. The SMILES string of the molecule is CCCNC(COc1cccc(Cl)c1)CC1CCCCC1. The van der Waals surface area contributed by atoms with Crippen molar-refractivity contribution in [3.63, 3.8) is 0 Å². The number of ether oxygens (including phenoxy) is 1. The first kappa shape index (κ1) is 16.6. The highest BCUT2D eigenvalue weighted by Gasteiger charge is 2.19. The molecule has 0 saturated heterocycles. The van der Waals surface area contributed by atoms with E-state index in [1.807, 2.05) is 24.3 Å². The summed E-state index contributed by atoms with van der Waals surface area (Å²) >= 11 is 6.00. The van der Waals surface area contributed by atoms with Gasteiger partial charge in [-0.15, -0.1) is 0 Å². The minimum atomic E-state index is 0.451. The summed E-state index contributed by atoms with van der Waals surface area (Å²) in [6.45, 7) is 4.01. The highest BCUT2D eigenvalue weighted by molar-refractivity contribution is 6.30. The standard InChI is InChI=1S/C18H28ClNO/c1-2-11-20-17(12-15-7-4-3-5-8-15)14-21-18-10-6-9-16(19)13-18/h6,9-10,13,15,17,20H,2-5,7-8,11-12,14H2,1H3. The van der Waals surface area contributed by atoms with E-state index in [1.165, 1.54) is 44.9 Å². The maximum atomic E-state index is 6.00. The molecule has 0 bridgehead atoms. The Morgan fingerprint density at radius 3 is 2.81 bits per heavy atom. The Balaban J connectivity index is 1.83. The number of rotatable bonds is 8. The van der Waals surface area contributed by atoms with Crippen molar-refractivity contribution >= 4 is 11.6 Å². The number of hydrogen-bond donors (Lipinski definition) is 1. The molecule has 21 heavy (non-hydrogen) atoms. The summed E-state index contributed by atoms with van der Waals surface area (Å²) in [5.74, 6) is 1.74. The van der Waals surface area contributed by atoms with Crippen LogP contribution in [0.25, 0.3) is 0 Å². The second kappa shape index (κ2) is 9.32. The molecule has 0 heterocycles. The zero-order valence-electron chi connectivity index (χ0n) is 13.1. The predicted molar refractivity (Wildman–Crippen MR) is 90.2 cm³/mol. The molecule has 1 atom stereocenters. The average molecular weight is 310 g/mol. The summed E-state index contributed by atoms with van der Waals surface area (Å²) in [5.41, 5.74) is 0. The predicted octanol–water partition coefficient (Wildman–Crippen LogP) is 5.06. The largest absolute Gasteiger partial charge is 0.492 e. The zero-order chi connectivity index (χ0) is 14.9. The fourth-order valence-corrected chi connectivity index (χ4v) is 3.32. The Labute approximate surface area is 134 Å². The lowest BCUT2D eigenvalue weighted by atomic mass is 9.85. The van der Waals surface area contributed by atoms with Crippen LogP contribution in [0.15, 0.2) is 24.3 Å². The van der Waals surface area contributed by atoms with Gasteiger partial charge in [-0.25, -0.2) is 0 Å². The van der Waals surface area contributed by atoms with Crippen molar-refractivity contribution in [2.75, 3.05) is 13.2 Å². The third-order valence-electron chi connectivity index (χ3n) is 4.27. The smallest absolute Gasteiger partial charge is 0.120 e. The van der Waals surface area contributed by atoms with Gasteiger partial charge in [0, 0.05) is 11.1 Å². The lowest BCUT2D eigenvalue weighted by molar-refractivity contribution is 0.220. The molecule has 118 valence electrons. The van der Waals surface area contributed by atoms with Crippen LogP contribution in [-0.4, -0.2) is 19.2 Å². The molecular weight excluding hydrogens is 282 g/mol. The van der Waals surface area contributed by atoms with E-state index in [9.17, 15) is 0 Å². The Morgan fingerprint density at radius 1 is 1.29 bits per heavy atom. The quantitative estimate of drug-likeness (QED) is 0.725. The summed E-state index contributed by atoms with van der Waals surface area (Å²) in [6, 6.07) is 8.13. The molecule has 2 nitrogen and oxygen atoms in total. The van der Waals surface area contributed by atoms with Gasteiger partial charge in [-0.1, -0.05) is 56.7 Å². The van der Waals surface area contributed by atoms with Crippen LogP contribution in [0.2, 0.25) is 5.02 Å². The molecule has 1 aliphatic carbocycles. The number of hydrogen-bond acceptors (Lipinski definition) is 2. The van der Waals surface area contributed by atoms with Crippen LogP contribution >= 0.6 is 11.6 Å². The van der Waals surface area contributed by atoms with E-state index in [0.717, 1.165) is 29.8 Å². The maximum absolute atomic E-state index is 6.00. The minimum Gasteiger partial charge on any atom is -0.492 e. The number of benzene rings is 1. The van der Waals surface area contributed by atoms with E-state index in [4.69, 9.17) is 16.3 Å². The van der Waals surface area contributed by atoms with E-state index < -0.39 is 0 Å². The van der Waals surface area contributed by atoms with E-state index in [0.29, 0.717) is 6.04 Å². The molecule has 1 N–H and O–H groups in total. The van der Waals surface area contributed by atoms with E-state index in [-0.39, 0.29) is 0 Å². The van der Waals surface area contributed by atoms with Crippen molar-refractivity contribution in [1.82, 2.24) is 5.32 Å². The Bertz CT molecular complexity index is 404. The van der Waals surface area contributed by atoms with Gasteiger partial charge in [-0.2, -0.15) is 0 Å². The first-order chi connectivity index (χ1) is 10.3. The molecule has 1 saturated carbocycles. The van der Waals surface area contributed by atoms with Gasteiger partial charge in [0.2, 0.25) is 0 Å². The highest BCUT2D eigenvalue weighted by Crippen LogP contribution is 2.27. The molecule has 2 rings (SSSR count). The molecule has 1 unspecified atom stereocenters. The van der Waals surface area contributed by atoms with Gasteiger partial charge in [0.1, 0.15) is 12.4 Å². The van der Waals surface area contributed by atoms with Gasteiger partial charge >= 0.3 is 0 Å². The second-order valence-electron chi connectivity index (χ2n) is 6.16. The van der Waals surface area contributed by atoms with Crippen LogP contribution in [0.5, 0.6) is 5.75 Å². The van der Waals surface area contributed by atoms with Crippen LogP contribution in [0.1, 0.15) is 51.9 Å². The fraction of sp³-hybridized carbons (Fsp3) is 0.667. The summed E-state index contributed by atoms with van der Waals surface area (Å²) in [4.78, 5) is 0. The third-order valence-corrected chi connectivity index (χ3v) is 4.51. The number of halogens is 1. The van der Waals surface area contributed by atoms with Crippen LogP contribution < -0.4 is 10.1 Å². The molecule has 3 heteroatoms. The minimum absolute atomic E-state index is 0.451. The molecule has 1 aromatic carbocycles. The monoisotopic (exact) mass is 309 g/mol. The maximum Gasteiger partial charge on any atom is 0.120 e. The van der Waals surface area contributed by atoms with Gasteiger partial charge in [0.15, 0.2) is 0 Å². The Kier molecular flexibility index (Phi) is 7.38. The van der Waals surface area contributed by atoms with Crippen molar-refractivity contribution in [3.8, 4) is 5.75 Å². The summed E-state index contributed by atoms with van der Waals surface area (Å²) in [7, 11) is 0. The summed E-state index contributed by atoms with van der Waals surface area (Å²) < 4.78 is 5.94. The first-order valence-electron chi connectivity index (χ1n) is 8.39. The normalized spacial score (nSPS) is 17.6. The molecule has 0 amide bonds. The molecule has 1 aromatic rings. The molecule has 0 aliphatic heterocycles. The molecular formula is C18H28ClNO. The first-order valence-corrected chi connectivity index (χ1v) is 8.77. The summed E-state index contributed by atoms with van der Waals surface area (Å²) in [6.07, 6.45) is 9.41. The molecule has 0 spiro atoms. The van der Waals surface area contributed by atoms with Crippen LogP contribution in [0.3, 0.4) is 0 Å². The number of nitrogens with one attached hydrogen (secondary N) is 1. The van der Waals surface area contributed by atoms with Gasteiger partial charge < -0.3 is 10.1 Å². The van der Waals surface area contributed by atoms with E-state index >= 15 is 0 Å². The van der Waals surface area contributed by atoms with Crippen LogP contribution in [0, 0.1) is 5.92 Å². The van der Waals surface area contributed by atoms with Crippen molar-refractivity contribution < 1.29 is 4.74 Å². The lowest BCUT2D eigenvalue weighted by Gasteiger charge is -2.27. The van der Waals surface area contributed by atoms with Crippen LogP contribution in [0.4, 0.5) is 0 Å². The highest BCUT2D eigenvalue weighted by atomic mass is 35.5. The third kappa shape index (κ3) is 6.27. The molecule has 0 radical (unpaired) electrons. The van der Waals surface area contributed by atoms with Crippen LogP contribution in [-0.2, 0) is 0 Å². The molecule has 1 aliphatic rings. The van der Waals surface area contributed by atoms with Crippen molar-refractivity contribution in [1.29, 1.82) is 0 Å². The van der Waals surface area contributed by atoms with Crippen molar-refractivity contribution in [2.24, 2.45) is 5.92 Å². The van der Waals surface area contributed by atoms with Gasteiger partial charge in [0.25, 0.3) is 0 Å². The van der Waals surface area contributed by atoms with Gasteiger partial charge in [-0.05, 0) is 43.5 Å². The van der Waals surface area contributed by atoms with E-state index in [1.54, 1.807) is 0 Å². The van der Waals surface area contributed by atoms with Gasteiger partial charge in [0.05, 0.1) is 0 Å². The molecule has 1 fully saturated rings. The second-order valence-corrected chi connectivity index (χ2v) is 6.60. The lowest BCUT2D eigenvalue weighted by Crippen LogP contribution is -2.37.